The molecule has 13 rings (SSSR count). The summed E-state index contributed by atoms with van der Waals surface area (Å²) in [7, 11) is -0.364. The molecule has 0 aliphatic carbocycles. The molecule has 1 aliphatic heterocycles. The maximum absolute atomic E-state index is 6.29. The van der Waals surface area contributed by atoms with Gasteiger partial charge in [0.1, 0.15) is 0 Å². The van der Waals surface area contributed by atoms with Gasteiger partial charge >= 0.3 is 7.12 Å². The molecule has 3 heterocycles. The molecule has 12 aromatic rings. The van der Waals surface area contributed by atoms with E-state index >= 15 is 0 Å². The van der Waals surface area contributed by atoms with Crippen LogP contribution in [0.1, 0.15) is 27.7 Å². The van der Waals surface area contributed by atoms with Gasteiger partial charge in [-0.15, -0.1) is 0 Å². The molecule has 0 spiro atoms. The highest BCUT2D eigenvalue weighted by molar-refractivity contribution is 14.1. The second-order valence-corrected chi connectivity index (χ2v) is 22.4. The number of hydrogen-bond acceptors (Lipinski definition) is 2. The number of rotatable bonds is 6. The predicted molar refractivity (Wildman–Crippen MR) is 328 cm³/mol. The lowest BCUT2D eigenvalue weighted by molar-refractivity contribution is 0.00578. The first-order valence-corrected chi connectivity index (χ1v) is 27.5. The number of nitrogens with zero attached hydrogens (tertiary/aromatic N) is 2. The van der Waals surface area contributed by atoms with Crippen molar-refractivity contribution in [3.8, 4) is 44.8 Å². The summed E-state index contributed by atoms with van der Waals surface area (Å²) in [4.78, 5) is 0. The van der Waals surface area contributed by atoms with Crippen molar-refractivity contribution in [2.24, 2.45) is 0 Å². The summed E-state index contributed by atoms with van der Waals surface area (Å²) in [5.74, 6) is 0. The Hall–Kier alpha value is -6.53. The van der Waals surface area contributed by atoms with Gasteiger partial charge in [0, 0.05) is 45.4 Å². The zero-order chi connectivity index (χ0) is 51.0. The van der Waals surface area contributed by atoms with Crippen LogP contribution in [0, 0.1) is 3.57 Å². The zero-order valence-corrected chi connectivity index (χ0v) is 46.8. The topological polar surface area (TPSA) is 28.3 Å². The standard InChI is InChI=1S/C30H20BrN.C24H24BNO2.C12H8BrI/c31-28-18-16-22(21-9-3-1-4-10-21)19-27(28)23-15-17-26-25-13-7-8-14-29(25)32(30(26)20-23)24-11-5-2-6-12-24;1-23(2)24(3,4)28-25(27-23)17-14-15-20-19-12-8-9-13-21(19)26(22(20)16-17)18-10-6-5-7-11-18;13-11-7-6-10(8-12(11)14)9-4-2-1-3-5-9/h1-20H;5-16H,1-4H3;1-8H. The highest BCUT2D eigenvalue weighted by Crippen LogP contribution is 2.40. The molecule has 10 aromatic carbocycles. The van der Waals surface area contributed by atoms with Gasteiger partial charge in [-0.3, -0.25) is 0 Å². The Labute approximate surface area is 464 Å². The fourth-order valence-corrected chi connectivity index (χ4v) is 11.1. The van der Waals surface area contributed by atoms with E-state index in [1.54, 1.807) is 0 Å². The summed E-state index contributed by atoms with van der Waals surface area (Å²) < 4.78 is 20.7. The van der Waals surface area contributed by atoms with E-state index in [0.717, 1.165) is 20.1 Å². The van der Waals surface area contributed by atoms with Gasteiger partial charge in [0.05, 0.1) is 33.3 Å². The number of aromatic nitrogens is 2. The lowest BCUT2D eigenvalue weighted by atomic mass is 9.79. The zero-order valence-electron chi connectivity index (χ0n) is 41.5. The number of benzene rings is 10. The fourth-order valence-electron chi connectivity index (χ4n) is 9.82. The van der Waals surface area contributed by atoms with E-state index in [9.17, 15) is 0 Å². The third-order valence-corrected chi connectivity index (χ3v) is 17.4. The molecular formula is C66H52BBr2IN2O2. The molecule has 1 aliphatic rings. The first kappa shape index (κ1) is 49.7. The molecule has 8 heteroatoms. The summed E-state index contributed by atoms with van der Waals surface area (Å²) in [6.07, 6.45) is 0. The summed E-state index contributed by atoms with van der Waals surface area (Å²) in [6, 6.07) is 85.6. The van der Waals surface area contributed by atoms with Crippen molar-refractivity contribution in [3.05, 3.63) is 255 Å². The van der Waals surface area contributed by atoms with Gasteiger partial charge in [-0.05, 0) is 178 Å². The molecule has 0 atom stereocenters. The maximum Gasteiger partial charge on any atom is 0.494 e. The van der Waals surface area contributed by atoms with Crippen LogP contribution in [-0.4, -0.2) is 27.5 Å². The summed E-state index contributed by atoms with van der Waals surface area (Å²) in [5, 5.41) is 5.03. The van der Waals surface area contributed by atoms with Crippen LogP contribution in [0.3, 0.4) is 0 Å². The van der Waals surface area contributed by atoms with Crippen molar-refractivity contribution in [3.63, 3.8) is 0 Å². The molecule has 0 N–H and O–H groups in total. The molecule has 1 saturated heterocycles. The minimum absolute atomic E-state index is 0.348. The van der Waals surface area contributed by atoms with E-state index in [0.29, 0.717) is 0 Å². The normalized spacial score (nSPS) is 13.7. The largest absolute Gasteiger partial charge is 0.494 e. The van der Waals surface area contributed by atoms with Gasteiger partial charge < -0.3 is 18.4 Å². The molecule has 0 saturated carbocycles. The molecule has 0 radical (unpaired) electrons. The first-order valence-electron chi connectivity index (χ1n) is 24.8. The average molecular weight is 1200 g/mol. The van der Waals surface area contributed by atoms with Crippen LogP contribution >= 0.6 is 54.5 Å². The van der Waals surface area contributed by atoms with E-state index in [4.69, 9.17) is 9.31 Å². The molecule has 0 unspecified atom stereocenters. The smallest absolute Gasteiger partial charge is 0.399 e. The molecule has 74 heavy (non-hydrogen) atoms. The molecule has 1 fully saturated rings. The van der Waals surface area contributed by atoms with Crippen LogP contribution in [0.4, 0.5) is 0 Å². The van der Waals surface area contributed by atoms with Crippen molar-refractivity contribution >= 4 is 111 Å². The predicted octanol–water partition coefficient (Wildman–Crippen LogP) is 18.7. The lowest BCUT2D eigenvalue weighted by Gasteiger charge is -2.32. The van der Waals surface area contributed by atoms with E-state index in [-0.39, 0.29) is 18.3 Å². The van der Waals surface area contributed by atoms with Crippen LogP contribution in [0.25, 0.3) is 88.4 Å². The van der Waals surface area contributed by atoms with Crippen molar-refractivity contribution in [2.45, 2.75) is 38.9 Å². The number of fused-ring (bicyclic) bond motifs is 6. The van der Waals surface area contributed by atoms with Gasteiger partial charge in [-0.2, -0.15) is 0 Å². The highest BCUT2D eigenvalue weighted by Gasteiger charge is 2.51. The van der Waals surface area contributed by atoms with Crippen LogP contribution in [0.2, 0.25) is 0 Å². The highest BCUT2D eigenvalue weighted by atomic mass is 127. The molecule has 0 amide bonds. The van der Waals surface area contributed by atoms with Crippen LogP contribution in [-0.2, 0) is 9.31 Å². The lowest BCUT2D eigenvalue weighted by Crippen LogP contribution is -2.41. The number of hydrogen-bond donors (Lipinski definition) is 0. The Balaban J connectivity index is 0.000000128. The molecule has 0 bridgehead atoms. The first-order chi connectivity index (χ1) is 35.9. The Morgan fingerprint density at radius 2 is 0.770 bits per heavy atom. The number of halogens is 3. The van der Waals surface area contributed by atoms with E-state index < -0.39 is 0 Å². The summed E-state index contributed by atoms with van der Waals surface area (Å²) in [5.41, 5.74) is 14.8. The van der Waals surface area contributed by atoms with Gasteiger partial charge in [0.2, 0.25) is 0 Å². The van der Waals surface area contributed by atoms with Crippen molar-refractivity contribution in [2.75, 3.05) is 0 Å². The molecule has 4 nitrogen and oxygen atoms in total. The van der Waals surface area contributed by atoms with Gasteiger partial charge in [-0.25, -0.2) is 0 Å². The van der Waals surface area contributed by atoms with E-state index in [1.807, 2.05) is 12.1 Å². The quantitative estimate of drug-likeness (QED) is 0.123. The second kappa shape index (κ2) is 21.0. The molecule has 2 aromatic heterocycles. The minimum Gasteiger partial charge on any atom is -0.399 e. The molecule has 362 valence electrons. The Morgan fingerprint density at radius 3 is 1.28 bits per heavy atom. The third-order valence-electron chi connectivity index (χ3n) is 14.3. The minimum atomic E-state index is -0.364. The fraction of sp³-hybridized carbons (Fsp3) is 0.0909. The SMILES string of the molecule is Brc1ccc(-c2ccccc2)cc1-c1ccc2c3ccccc3n(-c3ccccc3)c2c1.Brc1ccc(-c2ccccc2)cc1I.CC1(C)OB(c2ccc3c4ccccc4n(-c4ccccc4)c3c2)OC1(C)C. The Kier molecular flexibility index (Phi) is 14.1. The maximum atomic E-state index is 6.29. The second-order valence-electron chi connectivity index (χ2n) is 19.5. The monoisotopic (exact) mass is 1200 g/mol. The molecular weight excluding hydrogens is 1150 g/mol. The van der Waals surface area contributed by atoms with Gasteiger partial charge in [0.25, 0.3) is 0 Å². The average Bonchev–Trinajstić information content (AvgIpc) is 4.03. The Bertz CT molecular complexity index is 3940. The van der Waals surface area contributed by atoms with Crippen LogP contribution < -0.4 is 5.46 Å². The van der Waals surface area contributed by atoms with E-state index in [1.165, 1.54) is 86.2 Å². The van der Waals surface area contributed by atoms with Gasteiger partial charge in [-0.1, -0.05) is 186 Å². The summed E-state index contributed by atoms with van der Waals surface area (Å²) in [6.45, 7) is 8.36. The Morgan fingerprint density at radius 1 is 0.365 bits per heavy atom. The third kappa shape index (κ3) is 9.82. The van der Waals surface area contributed by atoms with Gasteiger partial charge in [0.15, 0.2) is 0 Å². The van der Waals surface area contributed by atoms with Crippen molar-refractivity contribution in [1.82, 2.24) is 9.13 Å². The number of para-hydroxylation sites is 4. The van der Waals surface area contributed by atoms with E-state index in [2.05, 4.69) is 322 Å². The van der Waals surface area contributed by atoms with Crippen LogP contribution in [0.15, 0.2) is 252 Å². The summed E-state index contributed by atoms with van der Waals surface area (Å²) >= 11 is 9.62. The van der Waals surface area contributed by atoms with Crippen molar-refractivity contribution in [1.29, 1.82) is 0 Å². The van der Waals surface area contributed by atoms with Crippen molar-refractivity contribution < 1.29 is 9.31 Å². The van der Waals surface area contributed by atoms with Crippen LogP contribution in [0.5, 0.6) is 0 Å².